The number of carbonyl (C=O) groups is 1. The third-order valence-electron chi connectivity index (χ3n) is 3.64. The van der Waals surface area contributed by atoms with Gasteiger partial charge in [-0.25, -0.2) is 0 Å². The van der Waals surface area contributed by atoms with Crippen molar-refractivity contribution in [2.45, 2.75) is 26.2 Å². The number of anilines is 4. The summed E-state index contributed by atoms with van der Waals surface area (Å²) in [5.41, 5.74) is 1.57. The molecule has 1 aromatic carbocycles. The van der Waals surface area contributed by atoms with Crippen molar-refractivity contribution in [1.82, 2.24) is 15.2 Å². The van der Waals surface area contributed by atoms with Crippen molar-refractivity contribution < 1.29 is 4.79 Å². The summed E-state index contributed by atoms with van der Waals surface area (Å²) in [6, 6.07) is 7.47. The number of hydrogen-bond donors (Lipinski definition) is 2. The van der Waals surface area contributed by atoms with Crippen molar-refractivity contribution in [1.29, 1.82) is 0 Å². The second-order valence-corrected chi connectivity index (χ2v) is 5.58. The first-order valence-electron chi connectivity index (χ1n) is 7.80. The maximum Gasteiger partial charge on any atom is 0.247 e. The number of benzene rings is 1. The summed E-state index contributed by atoms with van der Waals surface area (Å²) in [6.45, 7) is 3.44. The van der Waals surface area contributed by atoms with Gasteiger partial charge in [-0.1, -0.05) is 6.07 Å². The van der Waals surface area contributed by atoms with Crippen molar-refractivity contribution in [2.75, 3.05) is 28.6 Å². The fourth-order valence-electron chi connectivity index (χ4n) is 2.61. The first-order chi connectivity index (χ1) is 11.2. The van der Waals surface area contributed by atoms with E-state index in [9.17, 15) is 4.79 Å². The number of amides is 1. The molecule has 0 bridgehead atoms. The lowest BCUT2D eigenvalue weighted by Gasteiger charge is -2.26. The average molecular weight is 312 g/mol. The highest BCUT2D eigenvalue weighted by molar-refractivity contribution is 5.89. The van der Waals surface area contributed by atoms with Gasteiger partial charge in [-0.05, 0) is 37.5 Å². The lowest BCUT2D eigenvalue weighted by molar-refractivity contribution is -0.114. The van der Waals surface area contributed by atoms with Crippen LogP contribution in [0.3, 0.4) is 0 Å². The number of piperidine rings is 1. The summed E-state index contributed by atoms with van der Waals surface area (Å²) < 4.78 is 0. The zero-order chi connectivity index (χ0) is 16.1. The predicted octanol–water partition coefficient (Wildman–Crippen LogP) is 2.56. The average Bonchev–Trinajstić information content (AvgIpc) is 2.56. The number of nitrogens with one attached hydrogen (secondary N) is 2. The van der Waals surface area contributed by atoms with E-state index in [1.807, 2.05) is 24.3 Å². The minimum Gasteiger partial charge on any atom is -0.339 e. The van der Waals surface area contributed by atoms with E-state index in [2.05, 4.69) is 30.7 Å². The van der Waals surface area contributed by atoms with Crippen molar-refractivity contribution in [3.8, 4) is 0 Å². The van der Waals surface area contributed by atoms with Crippen molar-refractivity contribution in [3.05, 3.63) is 30.5 Å². The van der Waals surface area contributed by atoms with E-state index < -0.39 is 0 Å². The van der Waals surface area contributed by atoms with Gasteiger partial charge >= 0.3 is 0 Å². The summed E-state index contributed by atoms with van der Waals surface area (Å²) >= 11 is 0. The Hall–Kier alpha value is -2.70. The van der Waals surface area contributed by atoms with Gasteiger partial charge in [0.15, 0.2) is 5.82 Å². The first-order valence-corrected chi connectivity index (χ1v) is 7.80. The highest BCUT2D eigenvalue weighted by Crippen LogP contribution is 2.20. The molecular formula is C16H20N6O. The van der Waals surface area contributed by atoms with E-state index in [4.69, 9.17) is 0 Å². The van der Waals surface area contributed by atoms with Gasteiger partial charge in [0, 0.05) is 31.4 Å². The molecule has 0 unspecified atom stereocenters. The molecule has 0 atom stereocenters. The van der Waals surface area contributed by atoms with Gasteiger partial charge < -0.3 is 15.5 Å². The zero-order valence-corrected chi connectivity index (χ0v) is 13.1. The van der Waals surface area contributed by atoms with Crippen LogP contribution in [0.2, 0.25) is 0 Å². The molecule has 7 heteroatoms. The molecule has 1 fully saturated rings. The van der Waals surface area contributed by atoms with E-state index in [0.717, 1.165) is 24.5 Å². The lowest BCUT2D eigenvalue weighted by atomic mass is 10.1. The molecule has 2 heterocycles. The highest BCUT2D eigenvalue weighted by Gasteiger charge is 2.14. The van der Waals surface area contributed by atoms with Crippen LogP contribution in [0.1, 0.15) is 26.2 Å². The molecule has 3 rings (SSSR count). The molecule has 1 amide bonds. The van der Waals surface area contributed by atoms with Crippen molar-refractivity contribution in [3.63, 3.8) is 0 Å². The fraction of sp³-hybridized carbons (Fsp3) is 0.375. The minimum atomic E-state index is -0.0989. The quantitative estimate of drug-likeness (QED) is 0.903. The Morgan fingerprint density at radius 2 is 1.96 bits per heavy atom. The molecule has 1 aromatic heterocycles. The molecule has 2 aromatic rings. The van der Waals surface area contributed by atoms with E-state index in [1.165, 1.54) is 26.2 Å². The summed E-state index contributed by atoms with van der Waals surface area (Å²) in [6.07, 6.45) is 5.19. The normalized spacial score (nSPS) is 14.4. The SMILES string of the molecule is CC(=O)Nc1cccc(Nc2cnnc(N3CCCCC3)n2)c1. The molecule has 0 radical (unpaired) electrons. The van der Waals surface area contributed by atoms with E-state index in [-0.39, 0.29) is 5.91 Å². The number of carbonyl (C=O) groups excluding carboxylic acids is 1. The van der Waals surface area contributed by atoms with Gasteiger partial charge in [-0.3, -0.25) is 4.79 Å². The van der Waals surface area contributed by atoms with Gasteiger partial charge in [-0.15, -0.1) is 5.10 Å². The first kappa shape index (κ1) is 15.2. The Morgan fingerprint density at radius 3 is 2.74 bits per heavy atom. The van der Waals surface area contributed by atoms with Crippen LogP contribution in [-0.2, 0) is 4.79 Å². The summed E-state index contributed by atoms with van der Waals surface area (Å²) in [4.78, 5) is 17.8. The van der Waals surface area contributed by atoms with Gasteiger partial charge in [-0.2, -0.15) is 10.1 Å². The van der Waals surface area contributed by atoms with Gasteiger partial charge in [0.1, 0.15) is 0 Å². The second-order valence-electron chi connectivity index (χ2n) is 5.58. The molecule has 1 aliphatic heterocycles. The number of aromatic nitrogens is 3. The van der Waals surface area contributed by atoms with Crippen LogP contribution in [0.25, 0.3) is 0 Å². The van der Waals surface area contributed by atoms with Crippen LogP contribution in [-0.4, -0.2) is 34.2 Å². The Labute approximate surface area is 135 Å². The standard InChI is InChI=1S/C16H20N6O/c1-12(23)18-13-6-5-7-14(10-13)19-15-11-17-21-16(20-15)22-8-3-2-4-9-22/h5-7,10-11H,2-4,8-9H2,1H3,(H,18,23)(H,19,20,21). The molecule has 0 spiro atoms. The fourth-order valence-corrected chi connectivity index (χ4v) is 2.61. The predicted molar refractivity (Wildman–Crippen MR) is 89.9 cm³/mol. The minimum absolute atomic E-state index is 0.0989. The zero-order valence-electron chi connectivity index (χ0n) is 13.1. The van der Waals surface area contributed by atoms with Crippen LogP contribution in [0, 0.1) is 0 Å². The second kappa shape index (κ2) is 7.04. The molecule has 120 valence electrons. The van der Waals surface area contributed by atoms with Crippen LogP contribution in [0.15, 0.2) is 30.5 Å². The highest BCUT2D eigenvalue weighted by atomic mass is 16.1. The van der Waals surface area contributed by atoms with Crippen molar-refractivity contribution >= 4 is 29.0 Å². The van der Waals surface area contributed by atoms with E-state index in [0.29, 0.717) is 11.8 Å². The van der Waals surface area contributed by atoms with Crippen LogP contribution >= 0.6 is 0 Å². The molecular weight excluding hydrogens is 292 g/mol. The Bertz CT molecular complexity index is 684. The number of nitrogens with zero attached hydrogens (tertiary/aromatic N) is 4. The van der Waals surface area contributed by atoms with E-state index >= 15 is 0 Å². The third-order valence-corrected chi connectivity index (χ3v) is 3.64. The molecule has 1 saturated heterocycles. The molecule has 23 heavy (non-hydrogen) atoms. The van der Waals surface area contributed by atoms with Crippen LogP contribution in [0.5, 0.6) is 0 Å². The van der Waals surface area contributed by atoms with Gasteiger partial charge in [0.25, 0.3) is 0 Å². The van der Waals surface area contributed by atoms with Crippen molar-refractivity contribution in [2.24, 2.45) is 0 Å². The van der Waals surface area contributed by atoms with Gasteiger partial charge in [0.2, 0.25) is 11.9 Å². The monoisotopic (exact) mass is 312 g/mol. The summed E-state index contributed by atoms with van der Waals surface area (Å²) in [5, 5.41) is 14.1. The Balaban J connectivity index is 1.73. The maximum atomic E-state index is 11.1. The number of rotatable bonds is 4. The van der Waals surface area contributed by atoms with Gasteiger partial charge in [0.05, 0.1) is 6.20 Å². The number of hydrogen-bond acceptors (Lipinski definition) is 6. The summed E-state index contributed by atoms with van der Waals surface area (Å²) in [5.74, 6) is 1.20. The third kappa shape index (κ3) is 4.15. The summed E-state index contributed by atoms with van der Waals surface area (Å²) in [7, 11) is 0. The maximum absolute atomic E-state index is 11.1. The smallest absolute Gasteiger partial charge is 0.247 e. The Morgan fingerprint density at radius 1 is 1.17 bits per heavy atom. The molecule has 1 aliphatic rings. The molecule has 0 saturated carbocycles. The van der Waals surface area contributed by atoms with E-state index in [1.54, 1.807) is 6.20 Å². The topological polar surface area (TPSA) is 83.0 Å². The Kier molecular flexibility index (Phi) is 4.65. The van der Waals surface area contributed by atoms with Crippen LogP contribution in [0.4, 0.5) is 23.1 Å². The molecule has 2 N–H and O–H groups in total. The largest absolute Gasteiger partial charge is 0.339 e. The molecule has 7 nitrogen and oxygen atoms in total. The molecule has 0 aliphatic carbocycles. The lowest BCUT2D eigenvalue weighted by Crippen LogP contribution is -2.31. The van der Waals surface area contributed by atoms with Crippen LogP contribution < -0.4 is 15.5 Å².